The molecule has 0 radical (unpaired) electrons. The van der Waals surface area contributed by atoms with Gasteiger partial charge in [0.25, 0.3) is 0 Å². The molecule has 0 aliphatic carbocycles. The molecule has 0 bridgehead atoms. The standard InChI is InChI=1S/C10H10BrFN2.ClH/c11-6-1-2-10-7(3-6)8(5-14-10)9(13)4-12;/h1-3,5,9,14H,4,13H2;1H/t9-;/m1./s1. The summed E-state index contributed by atoms with van der Waals surface area (Å²) in [5.41, 5.74) is 7.45. The summed E-state index contributed by atoms with van der Waals surface area (Å²) < 4.78 is 13.4. The van der Waals surface area contributed by atoms with Gasteiger partial charge in [0.1, 0.15) is 6.67 Å². The van der Waals surface area contributed by atoms with Crippen molar-refractivity contribution in [3.05, 3.63) is 34.4 Å². The lowest BCUT2D eigenvalue weighted by atomic mass is 10.1. The molecular weight excluding hydrogens is 282 g/mol. The number of halogens is 3. The normalized spacial score (nSPS) is 12.5. The average Bonchev–Trinajstić information content (AvgIpc) is 2.59. The van der Waals surface area contributed by atoms with Gasteiger partial charge >= 0.3 is 0 Å². The van der Waals surface area contributed by atoms with Crippen molar-refractivity contribution in [3.8, 4) is 0 Å². The summed E-state index contributed by atoms with van der Waals surface area (Å²) in [5, 5.41) is 0.976. The summed E-state index contributed by atoms with van der Waals surface area (Å²) in [5.74, 6) is 0. The highest BCUT2D eigenvalue weighted by Crippen LogP contribution is 2.26. The number of alkyl halides is 1. The van der Waals surface area contributed by atoms with Crippen molar-refractivity contribution in [2.75, 3.05) is 6.67 Å². The van der Waals surface area contributed by atoms with Crippen molar-refractivity contribution in [1.29, 1.82) is 0 Å². The Morgan fingerprint density at radius 2 is 2.20 bits per heavy atom. The number of H-pyrrole nitrogens is 1. The van der Waals surface area contributed by atoms with E-state index in [1.165, 1.54) is 0 Å². The van der Waals surface area contributed by atoms with Crippen molar-refractivity contribution in [2.24, 2.45) is 5.73 Å². The van der Waals surface area contributed by atoms with Crippen LogP contribution in [0.4, 0.5) is 4.39 Å². The van der Waals surface area contributed by atoms with Crippen molar-refractivity contribution in [3.63, 3.8) is 0 Å². The van der Waals surface area contributed by atoms with Gasteiger partial charge in [0.2, 0.25) is 0 Å². The number of hydrogen-bond donors (Lipinski definition) is 2. The Labute approximate surface area is 102 Å². The lowest BCUT2D eigenvalue weighted by Gasteiger charge is -2.04. The Hall–Kier alpha value is -0.580. The molecule has 15 heavy (non-hydrogen) atoms. The largest absolute Gasteiger partial charge is 0.361 e. The lowest BCUT2D eigenvalue weighted by molar-refractivity contribution is 0.438. The first-order valence-electron chi connectivity index (χ1n) is 4.30. The van der Waals surface area contributed by atoms with Crippen LogP contribution in [0.25, 0.3) is 10.9 Å². The van der Waals surface area contributed by atoms with Gasteiger partial charge in [0.05, 0.1) is 6.04 Å². The number of nitrogens with one attached hydrogen (secondary N) is 1. The number of rotatable bonds is 2. The molecule has 0 fully saturated rings. The topological polar surface area (TPSA) is 41.8 Å². The summed E-state index contributed by atoms with van der Waals surface area (Å²) in [6.45, 7) is -0.542. The molecule has 1 aromatic carbocycles. The molecule has 1 heterocycles. The van der Waals surface area contributed by atoms with Crippen LogP contribution in [0.5, 0.6) is 0 Å². The smallest absolute Gasteiger partial charge is 0.109 e. The molecule has 0 saturated heterocycles. The average molecular weight is 294 g/mol. The summed E-state index contributed by atoms with van der Waals surface area (Å²) in [6.07, 6.45) is 1.77. The van der Waals surface area contributed by atoms with Gasteiger partial charge in [-0.2, -0.15) is 0 Å². The molecule has 5 heteroatoms. The third-order valence-electron chi connectivity index (χ3n) is 2.24. The molecule has 2 aromatic rings. The van der Waals surface area contributed by atoms with Crippen LogP contribution < -0.4 is 5.73 Å². The van der Waals surface area contributed by atoms with Crippen LogP contribution in [-0.2, 0) is 0 Å². The van der Waals surface area contributed by atoms with Gasteiger partial charge in [-0.15, -0.1) is 12.4 Å². The summed E-state index contributed by atoms with van der Waals surface area (Å²) in [4.78, 5) is 3.06. The molecule has 1 aromatic heterocycles. The maximum atomic E-state index is 12.4. The van der Waals surface area contributed by atoms with E-state index >= 15 is 0 Å². The molecule has 0 aliphatic heterocycles. The molecule has 0 saturated carbocycles. The minimum absolute atomic E-state index is 0. The Balaban J connectivity index is 0.00000112. The van der Waals surface area contributed by atoms with Gasteiger partial charge in [-0.1, -0.05) is 15.9 Å². The Morgan fingerprint density at radius 3 is 2.87 bits per heavy atom. The van der Waals surface area contributed by atoms with Gasteiger partial charge in [-0.05, 0) is 23.8 Å². The monoisotopic (exact) mass is 292 g/mol. The van der Waals surface area contributed by atoms with Crippen LogP contribution in [-0.4, -0.2) is 11.7 Å². The highest BCUT2D eigenvalue weighted by atomic mass is 79.9. The zero-order valence-corrected chi connectivity index (χ0v) is 10.2. The quantitative estimate of drug-likeness (QED) is 0.876. The second kappa shape index (κ2) is 4.96. The number of hydrogen-bond acceptors (Lipinski definition) is 1. The molecule has 82 valence electrons. The first kappa shape index (κ1) is 12.5. The van der Waals surface area contributed by atoms with E-state index in [0.717, 1.165) is 20.9 Å². The van der Waals surface area contributed by atoms with Crippen molar-refractivity contribution >= 4 is 39.2 Å². The van der Waals surface area contributed by atoms with Gasteiger partial charge < -0.3 is 10.7 Å². The highest BCUT2D eigenvalue weighted by molar-refractivity contribution is 9.10. The summed E-state index contributed by atoms with van der Waals surface area (Å²) in [6, 6.07) is 5.27. The van der Waals surface area contributed by atoms with E-state index in [-0.39, 0.29) is 12.4 Å². The minimum Gasteiger partial charge on any atom is -0.361 e. The van der Waals surface area contributed by atoms with Gasteiger partial charge in [-0.25, -0.2) is 4.39 Å². The fraction of sp³-hybridized carbons (Fsp3) is 0.200. The molecule has 2 rings (SSSR count). The molecule has 0 aliphatic rings. The van der Waals surface area contributed by atoms with Gasteiger partial charge in [0, 0.05) is 21.6 Å². The zero-order valence-electron chi connectivity index (χ0n) is 7.84. The predicted molar refractivity (Wildman–Crippen MR) is 66.2 cm³/mol. The predicted octanol–water partition coefficient (Wildman–Crippen LogP) is 3.32. The van der Waals surface area contributed by atoms with Crippen molar-refractivity contribution in [2.45, 2.75) is 6.04 Å². The summed E-state index contributed by atoms with van der Waals surface area (Å²) >= 11 is 3.37. The number of nitrogens with two attached hydrogens (primary N) is 1. The van der Waals surface area contributed by atoms with Crippen molar-refractivity contribution in [1.82, 2.24) is 4.98 Å². The molecule has 0 unspecified atom stereocenters. The lowest BCUT2D eigenvalue weighted by Crippen LogP contribution is -2.11. The molecule has 1 atom stereocenters. The van der Waals surface area contributed by atoms with E-state index in [2.05, 4.69) is 20.9 Å². The van der Waals surface area contributed by atoms with Crippen LogP contribution in [0.1, 0.15) is 11.6 Å². The van der Waals surface area contributed by atoms with Gasteiger partial charge in [0.15, 0.2) is 0 Å². The van der Waals surface area contributed by atoms with E-state index < -0.39 is 12.7 Å². The first-order valence-corrected chi connectivity index (χ1v) is 5.09. The van der Waals surface area contributed by atoms with E-state index in [4.69, 9.17) is 5.73 Å². The van der Waals surface area contributed by atoms with Gasteiger partial charge in [-0.3, -0.25) is 0 Å². The van der Waals surface area contributed by atoms with Crippen LogP contribution in [0.3, 0.4) is 0 Å². The fourth-order valence-electron chi connectivity index (χ4n) is 1.50. The van der Waals surface area contributed by atoms with Crippen molar-refractivity contribution < 1.29 is 4.39 Å². The zero-order chi connectivity index (χ0) is 10.1. The second-order valence-electron chi connectivity index (χ2n) is 3.19. The molecule has 3 N–H and O–H groups in total. The second-order valence-corrected chi connectivity index (χ2v) is 4.11. The maximum Gasteiger partial charge on any atom is 0.109 e. The number of aromatic amines is 1. The molecule has 0 spiro atoms. The van der Waals surface area contributed by atoms with Crippen LogP contribution in [0, 0.1) is 0 Å². The fourth-order valence-corrected chi connectivity index (χ4v) is 1.87. The Morgan fingerprint density at radius 1 is 1.47 bits per heavy atom. The third kappa shape index (κ3) is 2.33. The maximum absolute atomic E-state index is 12.4. The Bertz CT molecular complexity index is 458. The molecular formula is C10H11BrClFN2. The third-order valence-corrected chi connectivity index (χ3v) is 2.73. The van der Waals surface area contributed by atoms with Crippen LogP contribution in [0.2, 0.25) is 0 Å². The van der Waals surface area contributed by atoms with E-state index in [1.807, 2.05) is 18.2 Å². The molecule has 0 amide bonds. The Kier molecular flexibility index (Phi) is 4.13. The van der Waals surface area contributed by atoms with Crippen LogP contribution in [0.15, 0.2) is 28.9 Å². The molecule has 2 nitrogen and oxygen atoms in total. The highest BCUT2D eigenvalue weighted by Gasteiger charge is 2.11. The number of benzene rings is 1. The minimum atomic E-state index is -0.543. The first-order chi connectivity index (χ1) is 6.72. The SMILES string of the molecule is Cl.N[C@H](CF)c1c[nH]c2ccc(Br)cc12. The number of fused-ring (bicyclic) bond motifs is 1. The van der Waals surface area contributed by atoms with E-state index in [0.29, 0.717) is 0 Å². The van der Waals surface area contributed by atoms with Crippen LogP contribution >= 0.6 is 28.3 Å². The van der Waals surface area contributed by atoms with E-state index in [1.54, 1.807) is 6.20 Å². The van der Waals surface area contributed by atoms with E-state index in [9.17, 15) is 4.39 Å². The number of aromatic nitrogens is 1. The summed E-state index contributed by atoms with van der Waals surface area (Å²) in [7, 11) is 0.